The predicted octanol–water partition coefficient (Wildman–Crippen LogP) is 2.37. The number of sulfonamides is 1. The Morgan fingerprint density at radius 3 is 2.25 bits per heavy atom. The van der Waals surface area contributed by atoms with Crippen molar-refractivity contribution >= 4 is 10.0 Å². The highest BCUT2D eigenvalue weighted by molar-refractivity contribution is 7.89. The molecule has 0 aliphatic heterocycles. The first-order valence-corrected chi connectivity index (χ1v) is 8.86. The molecule has 2 aromatic rings. The molecule has 0 aliphatic carbocycles. The lowest BCUT2D eigenvalue weighted by molar-refractivity contribution is 0.321. The van der Waals surface area contributed by atoms with Crippen LogP contribution in [-0.2, 0) is 10.0 Å². The largest absolute Gasteiger partial charge is 0.497 e. The van der Waals surface area contributed by atoms with E-state index in [9.17, 15) is 8.42 Å². The topological polar surface area (TPSA) is 73.9 Å². The second-order valence-corrected chi connectivity index (χ2v) is 6.81. The molecule has 0 saturated carbocycles. The van der Waals surface area contributed by atoms with Crippen LogP contribution >= 0.6 is 0 Å². The van der Waals surface area contributed by atoms with E-state index in [4.69, 9.17) is 14.2 Å². The lowest BCUT2D eigenvalue weighted by atomic mass is 10.2. The third kappa shape index (κ3) is 4.62. The van der Waals surface area contributed by atoms with E-state index in [-0.39, 0.29) is 18.0 Å². The molecule has 0 bridgehead atoms. The van der Waals surface area contributed by atoms with E-state index in [0.717, 1.165) is 11.3 Å². The second-order valence-electron chi connectivity index (χ2n) is 5.08. The molecule has 0 unspecified atom stereocenters. The maximum absolute atomic E-state index is 12.4. The van der Waals surface area contributed by atoms with Crippen LogP contribution in [0.25, 0.3) is 0 Å². The molecule has 0 heterocycles. The van der Waals surface area contributed by atoms with Gasteiger partial charge in [0.2, 0.25) is 10.0 Å². The Kier molecular flexibility index (Phi) is 6.05. The molecule has 7 heteroatoms. The Labute approximate surface area is 142 Å². The third-order valence-corrected chi connectivity index (χ3v) is 4.81. The van der Waals surface area contributed by atoms with Crippen LogP contribution in [0.3, 0.4) is 0 Å². The summed E-state index contributed by atoms with van der Waals surface area (Å²) in [5.74, 6) is 1.68. The van der Waals surface area contributed by atoms with Crippen LogP contribution in [0.4, 0.5) is 0 Å². The minimum Gasteiger partial charge on any atom is -0.497 e. The van der Waals surface area contributed by atoms with Crippen molar-refractivity contribution in [3.63, 3.8) is 0 Å². The Morgan fingerprint density at radius 2 is 1.62 bits per heavy atom. The smallest absolute Gasteiger partial charge is 0.244 e. The molecule has 0 aliphatic rings. The molecule has 6 nitrogen and oxygen atoms in total. The van der Waals surface area contributed by atoms with E-state index in [0.29, 0.717) is 11.5 Å². The van der Waals surface area contributed by atoms with Crippen molar-refractivity contribution in [1.82, 2.24) is 4.72 Å². The number of benzene rings is 2. The van der Waals surface area contributed by atoms with Gasteiger partial charge >= 0.3 is 0 Å². The standard InChI is InChI=1S/C17H21NO5S/c1-13-4-9-16(22-3)17(12-13)24(19,20)18-10-11-23-15-7-5-14(21-2)6-8-15/h4-9,12,18H,10-11H2,1-3H3. The van der Waals surface area contributed by atoms with E-state index in [1.807, 2.05) is 6.92 Å². The van der Waals surface area contributed by atoms with E-state index < -0.39 is 10.0 Å². The van der Waals surface area contributed by atoms with Crippen LogP contribution in [0.5, 0.6) is 17.2 Å². The van der Waals surface area contributed by atoms with Crippen molar-refractivity contribution in [2.45, 2.75) is 11.8 Å². The van der Waals surface area contributed by atoms with E-state index >= 15 is 0 Å². The number of methoxy groups -OCH3 is 2. The Morgan fingerprint density at radius 1 is 0.958 bits per heavy atom. The van der Waals surface area contributed by atoms with Gasteiger partial charge < -0.3 is 14.2 Å². The van der Waals surface area contributed by atoms with Crippen LogP contribution in [0.1, 0.15) is 5.56 Å². The summed E-state index contributed by atoms with van der Waals surface area (Å²) in [4.78, 5) is 0.120. The summed E-state index contributed by atoms with van der Waals surface area (Å²) in [5.41, 5.74) is 0.839. The summed E-state index contributed by atoms with van der Waals surface area (Å²) in [6.07, 6.45) is 0. The molecule has 24 heavy (non-hydrogen) atoms. The average molecular weight is 351 g/mol. The molecule has 0 amide bonds. The zero-order valence-corrected chi connectivity index (χ0v) is 14.7. The summed E-state index contributed by atoms with van der Waals surface area (Å²) in [7, 11) is -0.637. The number of hydrogen-bond donors (Lipinski definition) is 1. The van der Waals surface area contributed by atoms with Crippen molar-refractivity contribution in [1.29, 1.82) is 0 Å². The van der Waals surface area contributed by atoms with Gasteiger partial charge in [-0.2, -0.15) is 0 Å². The van der Waals surface area contributed by atoms with E-state index in [1.54, 1.807) is 49.6 Å². The number of rotatable bonds is 8. The fourth-order valence-electron chi connectivity index (χ4n) is 2.09. The van der Waals surface area contributed by atoms with Crippen molar-refractivity contribution in [3.05, 3.63) is 48.0 Å². The van der Waals surface area contributed by atoms with Crippen LogP contribution in [0, 0.1) is 6.92 Å². The summed E-state index contributed by atoms with van der Waals surface area (Å²) < 4.78 is 43.0. The fourth-order valence-corrected chi connectivity index (χ4v) is 3.35. The van der Waals surface area contributed by atoms with E-state index in [1.165, 1.54) is 7.11 Å². The Bertz CT molecular complexity index is 772. The maximum Gasteiger partial charge on any atom is 0.244 e. The summed E-state index contributed by atoms with van der Waals surface area (Å²) in [6, 6.07) is 12.1. The van der Waals surface area contributed by atoms with Crippen LogP contribution in [0.2, 0.25) is 0 Å². The molecular weight excluding hydrogens is 330 g/mol. The van der Waals surface area contributed by atoms with Gasteiger partial charge in [0.1, 0.15) is 28.8 Å². The summed E-state index contributed by atoms with van der Waals surface area (Å²) in [5, 5.41) is 0. The minimum atomic E-state index is -3.67. The van der Waals surface area contributed by atoms with Gasteiger partial charge in [-0.25, -0.2) is 13.1 Å². The lowest BCUT2D eigenvalue weighted by Crippen LogP contribution is -2.28. The monoisotopic (exact) mass is 351 g/mol. The van der Waals surface area contributed by atoms with Gasteiger partial charge in [0, 0.05) is 6.54 Å². The van der Waals surface area contributed by atoms with Gasteiger partial charge in [0.05, 0.1) is 14.2 Å². The molecule has 130 valence electrons. The number of hydrogen-bond acceptors (Lipinski definition) is 5. The lowest BCUT2D eigenvalue weighted by Gasteiger charge is -2.12. The zero-order valence-electron chi connectivity index (χ0n) is 13.9. The molecule has 0 fully saturated rings. The average Bonchev–Trinajstić information content (AvgIpc) is 2.59. The van der Waals surface area contributed by atoms with Gasteiger partial charge in [0.15, 0.2) is 0 Å². The molecular formula is C17H21NO5S. The predicted molar refractivity (Wildman–Crippen MR) is 91.4 cm³/mol. The molecule has 0 saturated heterocycles. The molecule has 2 aromatic carbocycles. The quantitative estimate of drug-likeness (QED) is 0.739. The highest BCUT2D eigenvalue weighted by atomic mass is 32.2. The van der Waals surface area contributed by atoms with Crippen LogP contribution in [0.15, 0.2) is 47.4 Å². The maximum atomic E-state index is 12.4. The van der Waals surface area contributed by atoms with Crippen LogP contribution < -0.4 is 18.9 Å². The van der Waals surface area contributed by atoms with Crippen molar-refractivity contribution in [2.75, 3.05) is 27.4 Å². The number of ether oxygens (including phenoxy) is 3. The van der Waals surface area contributed by atoms with Gasteiger partial charge in [-0.1, -0.05) is 6.07 Å². The summed E-state index contributed by atoms with van der Waals surface area (Å²) >= 11 is 0. The van der Waals surface area contributed by atoms with Crippen molar-refractivity contribution < 1.29 is 22.6 Å². The Hall–Kier alpha value is -2.25. The Balaban J connectivity index is 1.94. The minimum absolute atomic E-state index is 0.120. The van der Waals surface area contributed by atoms with Crippen LogP contribution in [-0.4, -0.2) is 35.8 Å². The molecule has 0 spiro atoms. The third-order valence-electron chi connectivity index (χ3n) is 3.33. The SMILES string of the molecule is COc1ccc(OCCNS(=O)(=O)c2cc(C)ccc2OC)cc1. The van der Waals surface area contributed by atoms with Gasteiger partial charge in [-0.05, 0) is 48.9 Å². The van der Waals surface area contributed by atoms with Crippen molar-refractivity contribution in [2.24, 2.45) is 0 Å². The van der Waals surface area contributed by atoms with Gasteiger partial charge in [0.25, 0.3) is 0 Å². The normalized spacial score (nSPS) is 11.1. The number of nitrogens with one attached hydrogen (secondary N) is 1. The molecule has 0 atom stereocenters. The first-order chi connectivity index (χ1) is 11.5. The molecule has 0 aromatic heterocycles. The molecule has 1 N–H and O–H groups in total. The summed E-state index contributed by atoms with van der Waals surface area (Å²) in [6.45, 7) is 2.18. The highest BCUT2D eigenvalue weighted by Gasteiger charge is 2.19. The van der Waals surface area contributed by atoms with Gasteiger partial charge in [-0.3, -0.25) is 0 Å². The zero-order chi connectivity index (χ0) is 17.6. The molecule has 0 radical (unpaired) electrons. The first kappa shape index (κ1) is 18.1. The number of aryl methyl sites for hydroxylation is 1. The van der Waals surface area contributed by atoms with Gasteiger partial charge in [-0.15, -0.1) is 0 Å². The highest BCUT2D eigenvalue weighted by Crippen LogP contribution is 2.24. The van der Waals surface area contributed by atoms with E-state index in [2.05, 4.69) is 4.72 Å². The fraction of sp³-hybridized carbons (Fsp3) is 0.294. The molecule has 2 rings (SSSR count). The first-order valence-electron chi connectivity index (χ1n) is 7.37. The van der Waals surface area contributed by atoms with Crippen molar-refractivity contribution in [3.8, 4) is 17.2 Å². The second kappa shape index (κ2) is 8.03.